The molecular weight excluding hydrogens is 292 g/mol. The molecule has 0 fully saturated rings. The molecule has 7 heteroatoms. The van der Waals surface area contributed by atoms with Gasteiger partial charge in [-0.2, -0.15) is 0 Å². The van der Waals surface area contributed by atoms with Crippen molar-refractivity contribution < 1.29 is 4.79 Å². The molecule has 1 amide bonds. The van der Waals surface area contributed by atoms with Crippen LogP contribution < -0.4 is 5.32 Å². The summed E-state index contributed by atoms with van der Waals surface area (Å²) in [6, 6.07) is 4.01. The Balaban J connectivity index is 2.06. The standard InChI is InChI=1S/C13H16N4OS2/c1-3-7-14-11(18)9-20-13-16-15-12(17(13)4-2)10-6-5-8-19-10/h3,5-6,8H,1,4,7,9H2,2H3,(H,14,18). The third-order valence-electron chi connectivity index (χ3n) is 2.55. The van der Waals surface area contributed by atoms with Crippen LogP contribution in [0.2, 0.25) is 0 Å². The fraction of sp³-hybridized carbons (Fsp3) is 0.308. The molecule has 2 heterocycles. The van der Waals surface area contributed by atoms with Gasteiger partial charge in [0.15, 0.2) is 11.0 Å². The second kappa shape index (κ2) is 7.25. The van der Waals surface area contributed by atoms with Gasteiger partial charge in [0.1, 0.15) is 0 Å². The van der Waals surface area contributed by atoms with Gasteiger partial charge in [0, 0.05) is 13.1 Å². The lowest BCUT2D eigenvalue weighted by molar-refractivity contribution is -0.118. The van der Waals surface area contributed by atoms with Crippen LogP contribution >= 0.6 is 23.1 Å². The second-order valence-electron chi connectivity index (χ2n) is 3.91. The van der Waals surface area contributed by atoms with E-state index in [0.717, 1.165) is 22.4 Å². The average Bonchev–Trinajstić information content (AvgIpc) is 3.10. The summed E-state index contributed by atoms with van der Waals surface area (Å²) in [6.07, 6.45) is 1.66. The maximum absolute atomic E-state index is 11.6. The zero-order chi connectivity index (χ0) is 14.4. The van der Waals surface area contributed by atoms with Gasteiger partial charge in [-0.15, -0.1) is 28.1 Å². The number of nitrogens with zero attached hydrogens (tertiary/aromatic N) is 3. The lowest BCUT2D eigenvalue weighted by atomic mass is 10.4. The number of hydrogen-bond donors (Lipinski definition) is 1. The largest absolute Gasteiger partial charge is 0.352 e. The number of carbonyl (C=O) groups excluding carboxylic acids is 1. The molecule has 2 aromatic heterocycles. The van der Waals surface area contributed by atoms with Gasteiger partial charge in [0.25, 0.3) is 0 Å². The summed E-state index contributed by atoms with van der Waals surface area (Å²) in [5.74, 6) is 1.16. The predicted molar refractivity (Wildman–Crippen MR) is 82.9 cm³/mol. The number of rotatable bonds is 7. The highest BCUT2D eigenvalue weighted by Crippen LogP contribution is 2.26. The number of thiophene rings is 1. The van der Waals surface area contributed by atoms with Crippen molar-refractivity contribution in [2.45, 2.75) is 18.6 Å². The van der Waals surface area contributed by atoms with Gasteiger partial charge >= 0.3 is 0 Å². The second-order valence-corrected chi connectivity index (χ2v) is 5.80. The highest BCUT2D eigenvalue weighted by Gasteiger charge is 2.14. The molecule has 1 N–H and O–H groups in total. The lowest BCUT2D eigenvalue weighted by Crippen LogP contribution is -2.25. The van der Waals surface area contributed by atoms with Crippen LogP contribution in [0.25, 0.3) is 10.7 Å². The van der Waals surface area contributed by atoms with E-state index in [1.165, 1.54) is 11.8 Å². The predicted octanol–water partition coefficient (Wildman–Crippen LogP) is 2.42. The van der Waals surface area contributed by atoms with Crippen LogP contribution in [0.1, 0.15) is 6.92 Å². The first kappa shape index (κ1) is 14.8. The summed E-state index contributed by atoms with van der Waals surface area (Å²) >= 11 is 3.03. The first-order valence-corrected chi connectivity index (χ1v) is 8.10. The van der Waals surface area contributed by atoms with Crippen LogP contribution in [0.15, 0.2) is 35.3 Å². The molecule has 0 atom stereocenters. The lowest BCUT2D eigenvalue weighted by Gasteiger charge is -2.06. The molecule has 2 aromatic rings. The smallest absolute Gasteiger partial charge is 0.230 e. The SMILES string of the molecule is C=CCNC(=O)CSc1nnc(-c2cccs2)n1CC. The van der Waals surface area contributed by atoms with Crippen molar-refractivity contribution in [3.05, 3.63) is 30.2 Å². The van der Waals surface area contributed by atoms with Crippen LogP contribution in [-0.4, -0.2) is 33.0 Å². The van der Waals surface area contributed by atoms with Gasteiger partial charge in [-0.25, -0.2) is 0 Å². The Morgan fingerprint density at radius 1 is 1.60 bits per heavy atom. The maximum Gasteiger partial charge on any atom is 0.230 e. The van der Waals surface area contributed by atoms with E-state index < -0.39 is 0 Å². The summed E-state index contributed by atoms with van der Waals surface area (Å²) in [7, 11) is 0. The Bertz CT molecular complexity index is 577. The number of amides is 1. The highest BCUT2D eigenvalue weighted by atomic mass is 32.2. The zero-order valence-corrected chi connectivity index (χ0v) is 12.8. The number of aromatic nitrogens is 3. The molecule has 0 saturated heterocycles. The van der Waals surface area contributed by atoms with Gasteiger partial charge in [-0.3, -0.25) is 4.79 Å². The third-order valence-corrected chi connectivity index (χ3v) is 4.38. The minimum Gasteiger partial charge on any atom is -0.352 e. The van der Waals surface area contributed by atoms with Crippen molar-refractivity contribution in [3.8, 4) is 10.7 Å². The Labute approximate surface area is 126 Å². The summed E-state index contributed by atoms with van der Waals surface area (Å²) in [4.78, 5) is 12.7. The molecule has 0 aromatic carbocycles. The summed E-state index contributed by atoms with van der Waals surface area (Å²) in [5, 5.41) is 13.9. The quantitative estimate of drug-likeness (QED) is 0.630. The number of hydrogen-bond acceptors (Lipinski definition) is 5. The van der Waals surface area contributed by atoms with Crippen LogP contribution in [0, 0.1) is 0 Å². The maximum atomic E-state index is 11.6. The number of thioether (sulfide) groups is 1. The molecular formula is C13H16N4OS2. The van der Waals surface area contributed by atoms with E-state index in [0.29, 0.717) is 12.3 Å². The van der Waals surface area contributed by atoms with E-state index in [4.69, 9.17) is 0 Å². The summed E-state index contributed by atoms with van der Waals surface area (Å²) in [5.41, 5.74) is 0. The van der Waals surface area contributed by atoms with Crippen LogP contribution in [0.3, 0.4) is 0 Å². The topological polar surface area (TPSA) is 59.8 Å². The minimum atomic E-state index is -0.0294. The first-order valence-electron chi connectivity index (χ1n) is 6.23. The Hall–Kier alpha value is -1.60. The van der Waals surface area contributed by atoms with E-state index >= 15 is 0 Å². The third kappa shape index (κ3) is 3.49. The van der Waals surface area contributed by atoms with Gasteiger partial charge in [-0.05, 0) is 18.4 Å². The van der Waals surface area contributed by atoms with Crippen LogP contribution in [0.4, 0.5) is 0 Å². The number of nitrogens with one attached hydrogen (secondary N) is 1. The molecule has 0 bridgehead atoms. The fourth-order valence-electron chi connectivity index (χ4n) is 1.64. The average molecular weight is 308 g/mol. The van der Waals surface area contributed by atoms with E-state index in [9.17, 15) is 4.79 Å². The normalized spacial score (nSPS) is 10.4. The highest BCUT2D eigenvalue weighted by molar-refractivity contribution is 7.99. The Kier molecular flexibility index (Phi) is 5.37. The summed E-state index contributed by atoms with van der Waals surface area (Å²) in [6.45, 7) is 6.87. The summed E-state index contributed by atoms with van der Waals surface area (Å²) < 4.78 is 2.03. The molecule has 106 valence electrons. The van der Waals surface area contributed by atoms with Crippen molar-refractivity contribution in [2.75, 3.05) is 12.3 Å². The Morgan fingerprint density at radius 2 is 2.45 bits per heavy atom. The molecule has 5 nitrogen and oxygen atoms in total. The van der Waals surface area contributed by atoms with E-state index in [2.05, 4.69) is 22.1 Å². The number of carbonyl (C=O) groups is 1. The van der Waals surface area contributed by atoms with Gasteiger partial charge in [0.2, 0.25) is 5.91 Å². The van der Waals surface area contributed by atoms with E-state index in [1.54, 1.807) is 17.4 Å². The minimum absolute atomic E-state index is 0.0294. The molecule has 0 saturated carbocycles. The molecule has 0 aliphatic rings. The fourth-order valence-corrected chi connectivity index (χ4v) is 3.19. The van der Waals surface area contributed by atoms with Crippen molar-refractivity contribution in [3.63, 3.8) is 0 Å². The van der Waals surface area contributed by atoms with Crippen molar-refractivity contribution >= 4 is 29.0 Å². The molecule has 0 spiro atoms. The monoisotopic (exact) mass is 308 g/mol. The van der Waals surface area contributed by atoms with E-state index in [1.807, 2.05) is 29.0 Å². The van der Waals surface area contributed by atoms with Crippen molar-refractivity contribution in [1.82, 2.24) is 20.1 Å². The molecule has 0 aliphatic carbocycles. The molecule has 0 aliphatic heterocycles. The molecule has 20 heavy (non-hydrogen) atoms. The molecule has 0 unspecified atom stereocenters. The molecule has 0 radical (unpaired) electrons. The van der Waals surface area contributed by atoms with E-state index in [-0.39, 0.29) is 5.91 Å². The molecule has 2 rings (SSSR count). The van der Waals surface area contributed by atoms with Crippen molar-refractivity contribution in [2.24, 2.45) is 0 Å². The van der Waals surface area contributed by atoms with Gasteiger partial charge < -0.3 is 9.88 Å². The van der Waals surface area contributed by atoms with Crippen LogP contribution in [0.5, 0.6) is 0 Å². The van der Waals surface area contributed by atoms with Crippen molar-refractivity contribution in [1.29, 1.82) is 0 Å². The van der Waals surface area contributed by atoms with Gasteiger partial charge in [-0.1, -0.05) is 23.9 Å². The Morgan fingerprint density at radius 3 is 3.10 bits per heavy atom. The van der Waals surface area contributed by atoms with Crippen LogP contribution in [-0.2, 0) is 11.3 Å². The first-order chi connectivity index (χ1) is 9.76. The van der Waals surface area contributed by atoms with Gasteiger partial charge in [0.05, 0.1) is 10.6 Å². The zero-order valence-electron chi connectivity index (χ0n) is 11.2.